The summed E-state index contributed by atoms with van der Waals surface area (Å²) in [4.78, 5) is 26.7. The standard InChI is InChI=1S/C18H11ClF3NO3/c19-11-4-5-12-13(8-15(24)25)16(23-14(12)7-11)17(26)9-2-1-3-10(6-9)18(20,21)22/h1-7,23H,8H2,(H,24,25). The molecule has 8 heteroatoms. The van der Waals surface area contributed by atoms with Crippen molar-refractivity contribution in [3.8, 4) is 0 Å². The Bertz CT molecular complexity index is 1020. The third kappa shape index (κ3) is 3.43. The number of ketones is 1. The van der Waals surface area contributed by atoms with Crippen LogP contribution < -0.4 is 0 Å². The molecule has 1 heterocycles. The number of rotatable bonds is 4. The van der Waals surface area contributed by atoms with Gasteiger partial charge in [0.25, 0.3) is 0 Å². The van der Waals surface area contributed by atoms with Crippen LogP contribution in [0.3, 0.4) is 0 Å². The zero-order valence-electron chi connectivity index (χ0n) is 13.0. The van der Waals surface area contributed by atoms with Crippen molar-refractivity contribution in [2.75, 3.05) is 0 Å². The van der Waals surface area contributed by atoms with Gasteiger partial charge in [0.1, 0.15) is 0 Å². The van der Waals surface area contributed by atoms with Crippen molar-refractivity contribution < 1.29 is 27.9 Å². The van der Waals surface area contributed by atoms with Gasteiger partial charge in [-0.05, 0) is 24.3 Å². The number of fused-ring (bicyclic) bond motifs is 1. The molecule has 3 aromatic rings. The number of hydrogen-bond acceptors (Lipinski definition) is 2. The Morgan fingerprint density at radius 3 is 2.50 bits per heavy atom. The van der Waals surface area contributed by atoms with E-state index in [0.29, 0.717) is 15.9 Å². The van der Waals surface area contributed by atoms with Gasteiger partial charge in [0, 0.05) is 27.1 Å². The van der Waals surface area contributed by atoms with E-state index in [1.54, 1.807) is 12.1 Å². The highest BCUT2D eigenvalue weighted by Crippen LogP contribution is 2.31. The molecule has 0 atom stereocenters. The molecule has 0 saturated carbocycles. The molecule has 0 unspecified atom stereocenters. The molecule has 2 N–H and O–H groups in total. The Kier molecular flexibility index (Phi) is 4.50. The molecule has 2 aromatic carbocycles. The quantitative estimate of drug-likeness (QED) is 0.644. The number of carboxylic acids is 1. The first-order valence-electron chi connectivity index (χ1n) is 7.40. The molecule has 0 amide bonds. The molecule has 4 nitrogen and oxygen atoms in total. The van der Waals surface area contributed by atoms with Crippen LogP contribution in [0.4, 0.5) is 13.2 Å². The summed E-state index contributed by atoms with van der Waals surface area (Å²) in [7, 11) is 0. The number of aromatic amines is 1. The number of carbonyl (C=O) groups excluding carboxylic acids is 1. The van der Waals surface area contributed by atoms with Crippen LogP contribution in [0.5, 0.6) is 0 Å². The number of alkyl halides is 3. The fourth-order valence-electron chi connectivity index (χ4n) is 2.74. The summed E-state index contributed by atoms with van der Waals surface area (Å²) in [5.41, 5.74) is -0.578. The van der Waals surface area contributed by atoms with E-state index in [9.17, 15) is 22.8 Å². The van der Waals surface area contributed by atoms with E-state index in [0.717, 1.165) is 18.2 Å². The van der Waals surface area contributed by atoms with Crippen LogP contribution >= 0.6 is 11.6 Å². The minimum Gasteiger partial charge on any atom is -0.481 e. The van der Waals surface area contributed by atoms with Crippen molar-refractivity contribution in [1.29, 1.82) is 0 Å². The fourth-order valence-corrected chi connectivity index (χ4v) is 2.91. The van der Waals surface area contributed by atoms with Crippen molar-refractivity contribution >= 4 is 34.3 Å². The largest absolute Gasteiger partial charge is 0.481 e. The van der Waals surface area contributed by atoms with E-state index in [-0.39, 0.29) is 16.8 Å². The summed E-state index contributed by atoms with van der Waals surface area (Å²) >= 11 is 5.91. The molecule has 0 radical (unpaired) electrons. The van der Waals surface area contributed by atoms with E-state index in [1.807, 2.05) is 0 Å². The summed E-state index contributed by atoms with van der Waals surface area (Å²) in [6.07, 6.45) is -5.05. The number of H-pyrrole nitrogens is 1. The Labute approximate surface area is 150 Å². The summed E-state index contributed by atoms with van der Waals surface area (Å²) in [6, 6.07) is 8.61. The number of aliphatic carboxylic acids is 1. The summed E-state index contributed by atoms with van der Waals surface area (Å²) in [6.45, 7) is 0. The second-order valence-electron chi connectivity index (χ2n) is 5.65. The van der Waals surface area contributed by atoms with Crippen molar-refractivity contribution in [1.82, 2.24) is 4.98 Å². The summed E-state index contributed by atoms with van der Waals surface area (Å²) < 4.78 is 38.7. The molecule has 134 valence electrons. The number of nitrogens with one attached hydrogen (secondary N) is 1. The molecule has 0 aliphatic carbocycles. The van der Waals surface area contributed by atoms with Gasteiger partial charge in [-0.15, -0.1) is 0 Å². The lowest BCUT2D eigenvalue weighted by Gasteiger charge is -2.08. The molecular weight excluding hydrogens is 371 g/mol. The van der Waals surface area contributed by atoms with Crippen molar-refractivity contribution in [2.24, 2.45) is 0 Å². The first-order chi connectivity index (χ1) is 12.2. The zero-order valence-corrected chi connectivity index (χ0v) is 13.8. The first kappa shape index (κ1) is 18.0. The van der Waals surface area contributed by atoms with E-state index in [1.165, 1.54) is 12.1 Å². The highest BCUT2D eigenvalue weighted by molar-refractivity contribution is 6.31. The summed E-state index contributed by atoms with van der Waals surface area (Å²) in [5.74, 6) is -1.89. The topological polar surface area (TPSA) is 70.2 Å². The Hall–Kier alpha value is -2.80. The lowest BCUT2D eigenvalue weighted by Crippen LogP contribution is -2.11. The van der Waals surface area contributed by atoms with Crippen LogP contribution in [-0.4, -0.2) is 21.8 Å². The second kappa shape index (κ2) is 6.49. The molecule has 0 bridgehead atoms. The predicted octanol–water partition coefficient (Wildman–Crippen LogP) is 4.70. The fraction of sp³-hybridized carbons (Fsp3) is 0.111. The Morgan fingerprint density at radius 1 is 1.12 bits per heavy atom. The number of carbonyl (C=O) groups is 2. The third-order valence-corrected chi connectivity index (χ3v) is 4.11. The van der Waals surface area contributed by atoms with Gasteiger partial charge in [0.15, 0.2) is 0 Å². The monoisotopic (exact) mass is 381 g/mol. The van der Waals surface area contributed by atoms with Crippen LogP contribution in [0, 0.1) is 0 Å². The maximum absolute atomic E-state index is 12.9. The van der Waals surface area contributed by atoms with Gasteiger partial charge in [-0.25, -0.2) is 0 Å². The number of hydrogen-bond donors (Lipinski definition) is 2. The van der Waals surface area contributed by atoms with Crippen molar-refractivity contribution in [3.63, 3.8) is 0 Å². The maximum Gasteiger partial charge on any atom is 0.416 e. The lowest BCUT2D eigenvalue weighted by molar-refractivity contribution is -0.138. The number of halogens is 4. The minimum atomic E-state index is -4.59. The molecule has 1 aromatic heterocycles. The SMILES string of the molecule is O=C(O)Cc1c(C(=O)c2cccc(C(F)(F)F)c2)[nH]c2cc(Cl)ccc12. The average molecular weight is 382 g/mol. The van der Waals surface area contributed by atoms with Gasteiger partial charge in [0.2, 0.25) is 5.78 Å². The molecule has 3 rings (SSSR count). The van der Waals surface area contributed by atoms with Crippen LogP contribution in [0.2, 0.25) is 5.02 Å². The van der Waals surface area contributed by atoms with Crippen molar-refractivity contribution in [3.05, 3.63) is 69.9 Å². The van der Waals surface area contributed by atoms with E-state index in [2.05, 4.69) is 4.98 Å². The third-order valence-electron chi connectivity index (χ3n) is 3.88. The van der Waals surface area contributed by atoms with E-state index < -0.39 is 29.9 Å². The molecule has 0 fully saturated rings. The van der Waals surface area contributed by atoms with Gasteiger partial charge in [0.05, 0.1) is 17.7 Å². The lowest BCUT2D eigenvalue weighted by atomic mass is 10.00. The molecule has 0 aliphatic rings. The Balaban J connectivity index is 2.15. The second-order valence-corrected chi connectivity index (χ2v) is 6.08. The highest BCUT2D eigenvalue weighted by atomic mass is 35.5. The van der Waals surface area contributed by atoms with E-state index >= 15 is 0 Å². The number of benzene rings is 2. The van der Waals surface area contributed by atoms with Gasteiger partial charge >= 0.3 is 12.1 Å². The van der Waals surface area contributed by atoms with Gasteiger partial charge in [-0.2, -0.15) is 13.2 Å². The first-order valence-corrected chi connectivity index (χ1v) is 7.78. The predicted molar refractivity (Wildman–Crippen MR) is 89.5 cm³/mol. The number of carboxylic acid groups (broad SMARTS) is 1. The van der Waals surface area contributed by atoms with Crippen molar-refractivity contribution in [2.45, 2.75) is 12.6 Å². The minimum absolute atomic E-state index is 0.0657. The van der Waals surface area contributed by atoms with Crippen LogP contribution in [0.1, 0.15) is 27.2 Å². The highest BCUT2D eigenvalue weighted by Gasteiger charge is 2.31. The van der Waals surface area contributed by atoms with E-state index in [4.69, 9.17) is 16.7 Å². The van der Waals surface area contributed by atoms with Gasteiger partial charge in [-0.1, -0.05) is 29.8 Å². The molecule has 0 saturated heterocycles. The molecule has 0 spiro atoms. The normalized spacial score (nSPS) is 11.7. The van der Waals surface area contributed by atoms with Crippen LogP contribution in [0.15, 0.2) is 42.5 Å². The Morgan fingerprint density at radius 2 is 1.85 bits per heavy atom. The average Bonchev–Trinajstić information content (AvgIpc) is 2.90. The van der Waals surface area contributed by atoms with Gasteiger partial charge in [-0.3, -0.25) is 9.59 Å². The molecular formula is C18H11ClF3NO3. The number of aromatic nitrogens is 1. The van der Waals surface area contributed by atoms with Gasteiger partial charge < -0.3 is 10.1 Å². The maximum atomic E-state index is 12.9. The molecule has 26 heavy (non-hydrogen) atoms. The van der Waals surface area contributed by atoms with Crippen LogP contribution in [0.25, 0.3) is 10.9 Å². The van der Waals surface area contributed by atoms with Crippen LogP contribution in [-0.2, 0) is 17.4 Å². The molecule has 0 aliphatic heterocycles. The zero-order chi connectivity index (χ0) is 19.1. The smallest absolute Gasteiger partial charge is 0.416 e. The summed E-state index contributed by atoms with van der Waals surface area (Å²) in [5, 5.41) is 9.98.